The van der Waals surface area contributed by atoms with Crippen molar-refractivity contribution < 1.29 is 0 Å². The Morgan fingerprint density at radius 1 is 1.07 bits per heavy atom. The van der Waals surface area contributed by atoms with Crippen molar-refractivity contribution in [2.24, 2.45) is 0 Å². The molecular weight excluding hydrogens is 332 g/mol. The van der Waals surface area contributed by atoms with Gasteiger partial charge >= 0.3 is 0 Å². The molecule has 1 aliphatic heterocycles. The van der Waals surface area contributed by atoms with Crippen molar-refractivity contribution in [3.8, 4) is 6.07 Å². The molecule has 0 radical (unpaired) electrons. The molecule has 142 valence electrons. The number of likely N-dealkylation sites (tertiary alicyclic amines) is 1. The SMILES string of the molecule is CN(CCC#N)c1ccc(CNCC(c2ccccc2)N2CCCC2)cc1. The molecule has 27 heavy (non-hydrogen) atoms. The molecule has 1 fully saturated rings. The topological polar surface area (TPSA) is 42.3 Å². The molecule has 0 amide bonds. The van der Waals surface area contributed by atoms with Crippen molar-refractivity contribution in [1.82, 2.24) is 10.2 Å². The van der Waals surface area contributed by atoms with E-state index in [4.69, 9.17) is 5.26 Å². The van der Waals surface area contributed by atoms with Gasteiger partial charge in [-0.2, -0.15) is 5.26 Å². The van der Waals surface area contributed by atoms with Crippen LogP contribution in [-0.4, -0.2) is 38.1 Å². The number of rotatable bonds is 9. The van der Waals surface area contributed by atoms with E-state index in [2.05, 4.69) is 75.8 Å². The maximum atomic E-state index is 8.72. The average Bonchev–Trinajstić information content (AvgIpc) is 3.25. The molecule has 1 aliphatic rings. The van der Waals surface area contributed by atoms with Crippen LogP contribution in [0, 0.1) is 11.3 Å². The molecule has 0 bridgehead atoms. The lowest BCUT2D eigenvalue weighted by molar-refractivity contribution is 0.238. The van der Waals surface area contributed by atoms with Crippen molar-refractivity contribution >= 4 is 5.69 Å². The van der Waals surface area contributed by atoms with Crippen LogP contribution in [0.25, 0.3) is 0 Å². The third kappa shape index (κ3) is 5.56. The van der Waals surface area contributed by atoms with Gasteiger partial charge in [-0.3, -0.25) is 4.90 Å². The van der Waals surface area contributed by atoms with Crippen LogP contribution in [0.15, 0.2) is 54.6 Å². The largest absolute Gasteiger partial charge is 0.374 e. The first-order valence-electron chi connectivity index (χ1n) is 9.94. The highest BCUT2D eigenvalue weighted by molar-refractivity contribution is 5.46. The van der Waals surface area contributed by atoms with E-state index in [1.165, 1.54) is 37.1 Å². The number of benzene rings is 2. The Kier molecular flexibility index (Phi) is 7.27. The summed E-state index contributed by atoms with van der Waals surface area (Å²) in [4.78, 5) is 4.73. The van der Waals surface area contributed by atoms with Gasteiger partial charge in [0.2, 0.25) is 0 Å². The Balaban J connectivity index is 1.54. The summed E-state index contributed by atoms with van der Waals surface area (Å²) in [6.07, 6.45) is 3.17. The minimum Gasteiger partial charge on any atom is -0.374 e. The summed E-state index contributed by atoms with van der Waals surface area (Å²) in [5.41, 5.74) is 3.86. The van der Waals surface area contributed by atoms with Gasteiger partial charge in [0, 0.05) is 38.4 Å². The Morgan fingerprint density at radius 2 is 1.78 bits per heavy atom. The molecule has 1 heterocycles. The van der Waals surface area contributed by atoms with Gasteiger partial charge in [-0.25, -0.2) is 0 Å². The minimum atomic E-state index is 0.449. The maximum absolute atomic E-state index is 8.72. The first-order valence-corrected chi connectivity index (χ1v) is 9.94. The van der Waals surface area contributed by atoms with Crippen LogP contribution in [0.2, 0.25) is 0 Å². The number of nitrogens with one attached hydrogen (secondary N) is 1. The Labute approximate surface area is 163 Å². The van der Waals surface area contributed by atoms with Crippen LogP contribution < -0.4 is 10.2 Å². The van der Waals surface area contributed by atoms with Crippen LogP contribution in [0.5, 0.6) is 0 Å². The summed E-state index contributed by atoms with van der Waals surface area (Å²) in [6, 6.07) is 22.2. The zero-order chi connectivity index (χ0) is 18.9. The van der Waals surface area contributed by atoms with Gasteiger partial charge in [-0.1, -0.05) is 42.5 Å². The molecule has 2 aromatic carbocycles. The second-order valence-electron chi connectivity index (χ2n) is 7.30. The zero-order valence-corrected chi connectivity index (χ0v) is 16.3. The van der Waals surface area contributed by atoms with Crippen molar-refractivity contribution in [3.63, 3.8) is 0 Å². The van der Waals surface area contributed by atoms with E-state index in [1.807, 2.05) is 7.05 Å². The van der Waals surface area contributed by atoms with E-state index in [1.54, 1.807) is 0 Å². The van der Waals surface area contributed by atoms with Gasteiger partial charge in [0.15, 0.2) is 0 Å². The molecule has 1 saturated heterocycles. The van der Waals surface area contributed by atoms with E-state index in [0.717, 1.165) is 25.3 Å². The number of hydrogen-bond donors (Lipinski definition) is 1. The fraction of sp³-hybridized carbons (Fsp3) is 0.435. The summed E-state index contributed by atoms with van der Waals surface area (Å²) in [6.45, 7) is 5.01. The highest BCUT2D eigenvalue weighted by Crippen LogP contribution is 2.24. The third-order valence-electron chi connectivity index (χ3n) is 5.37. The average molecular weight is 363 g/mol. The fourth-order valence-electron chi connectivity index (χ4n) is 3.75. The lowest BCUT2D eigenvalue weighted by atomic mass is 10.1. The lowest BCUT2D eigenvalue weighted by Crippen LogP contribution is -2.34. The van der Waals surface area contributed by atoms with Crippen LogP contribution in [-0.2, 0) is 6.54 Å². The number of nitrogens with zero attached hydrogens (tertiary/aromatic N) is 3. The highest BCUT2D eigenvalue weighted by atomic mass is 15.2. The van der Waals surface area contributed by atoms with E-state index in [-0.39, 0.29) is 0 Å². The third-order valence-corrected chi connectivity index (χ3v) is 5.37. The first-order chi connectivity index (χ1) is 13.3. The predicted octanol–water partition coefficient (Wildman–Crippen LogP) is 3.96. The van der Waals surface area contributed by atoms with E-state index < -0.39 is 0 Å². The first kappa shape index (κ1) is 19.4. The number of anilines is 1. The highest BCUT2D eigenvalue weighted by Gasteiger charge is 2.22. The van der Waals surface area contributed by atoms with Crippen LogP contribution in [0.1, 0.15) is 36.4 Å². The number of hydrogen-bond acceptors (Lipinski definition) is 4. The molecule has 4 nitrogen and oxygen atoms in total. The molecule has 0 saturated carbocycles. The summed E-state index contributed by atoms with van der Waals surface area (Å²) >= 11 is 0. The van der Waals surface area contributed by atoms with Crippen molar-refractivity contribution in [2.45, 2.75) is 31.8 Å². The van der Waals surface area contributed by atoms with Crippen LogP contribution in [0.3, 0.4) is 0 Å². The van der Waals surface area contributed by atoms with Gasteiger partial charge in [0.1, 0.15) is 0 Å². The standard InChI is InChI=1S/C23H30N4/c1-26(15-7-14-24)22-12-10-20(11-13-22)18-25-19-23(27-16-5-6-17-27)21-8-3-2-4-9-21/h2-4,8-13,23,25H,5-7,15-19H2,1H3. The van der Waals surface area contributed by atoms with Gasteiger partial charge in [0.05, 0.1) is 12.5 Å². The quantitative estimate of drug-likeness (QED) is 0.733. The summed E-state index contributed by atoms with van der Waals surface area (Å²) in [5, 5.41) is 12.4. The molecule has 4 heteroatoms. The van der Waals surface area contributed by atoms with E-state index in [9.17, 15) is 0 Å². The molecule has 0 aliphatic carbocycles. The van der Waals surface area contributed by atoms with Gasteiger partial charge in [0.25, 0.3) is 0 Å². The molecular formula is C23H30N4. The van der Waals surface area contributed by atoms with Crippen molar-refractivity contribution in [1.29, 1.82) is 5.26 Å². The molecule has 3 rings (SSSR count). The van der Waals surface area contributed by atoms with E-state index in [0.29, 0.717) is 12.5 Å². The second kappa shape index (κ2) is 10.1. The summed E-state index contributed by atoms with van der Waals surface area (Å²) in [7, 11) is 2.03. The normalized spacial score (nSPS) is 15.4. The summed E-state index contributed by atoms with van der Waals surface area (Å²) < 4.78 is 0. The predicted molar refractivity (Wildman–Crippen MR) is 112 cm³/mol. The Morgan fingerprint density at radius 3 is 2.44 bits per heavy atom. The Hall–Kier alpha value is -2.35. The van der Waals surface area contributed by atoms with Crippen molar-refractivity contribution in [3.05, 3.63) is 65.7 Å². The fourth-order valence-corrected chi connectivity index (χ4v) is 3.75. The maximum Gasteiger partial charge on any atom is 0.0640 e. The van der Waals surface area contributed by atoms with Gasteiger partial charge in [-0.05, 0) is 49.2 Å². The van der Waals surface area contributed by atoms with Crippen LogP contribution >= 0.6 is 0 Å². The van der Waals surface area contributed by atoms with Crippen LogP contribution in [0.4, 0.5) is 5.69 Å². The monoisotopic (exact) mass is 362 g/mol. The Bertz CT molecular complexity index is 714. The smallest absolute Gasteiger partial charge is 0.0640 e. The number of nitriles is 1. The molecule has 2 aromatic rings. The zero-order valence-electron chi connectivity index (χ0n) is 16.3. The minimum absolute atomic E-state index is 0.449. The molecule has 1 N–H and O–H groups in total. The summed E-state index contributed by atoms with van der Waals surface area (Å²) in [5.74, 6) is 0. The lowest BCUT2D eigenvalue weighted by Gasteiger charge is -2.28. The molecule has 1 atom stereocenters. The molecule has 1 unspecified atom stereocenters. The van der Waals surface area contributed by atoms with Crippen molar-refractivity contribution in [2.75, 3.05) is 38.1 Å². The second-order valence-corrected chi connectivity index (χ2v) is 7.30. The molecule has 0 aromatic heterocycles. The van der Waals surface area contributed by atoms with E-state index >= 15 is 0 Å². The van der Waals surface area contributed by atoms with Gasteiger partial charge in [-0.15, -0.1) is 0 Å². The molecule has 0 spiro atoms. The van der Waals surface area contributed by atoms with Gasteiger partial charge < -0.3 is 10.2 Å².